The normalized spacial score (nSPS) is 28.7. The average molecular weight is 531 g/mol. The molecule has 5 heteroatoms. The maximum Gasteiger partial charge on any atom is 0.166 e. The number of nitrogens with zero attached hydrogens (tertiary/aromatic N) is 2. The number of hydrogen-bond donors (Lipinski definition) is 1. The summed E-state index contributed by atoms with van der Waals surface area (Å²) >= 11 is 0. The maximum atomic E-state index is 11.2. The summed E-state index contributed by atoms with van der Waals surface area (Å²) in [4.78, 5) is 5.32. The number of ether oxygens (including phenoxy) is 2. The van der Waals surface area contributed by atoms with Crippen LogP contribution in [0.25, 0.3) is 0 Å². The number of phenols is 1. The van der Waals surface area contributed by atoms with Crippen molar-refractivity contribution in [2.24, 2.45) is 5.92 Å². The molecule has 0 unspecified atom stereocenters. The highest BCUT2D eigenvalue weighted by molar-refractivity contribution is 5.65. The Morgan fingerprint density at radius 1 is 1.18 bits per heavy atom. The summed E-state index contributed by atoms with van der Waals surface area (Å²) in [5.41, 5.74) is 3.80. The molecular formula is C34H46N2O3. The first-order chi connectivity index (χ1) is 19.1. The standard InChI is InChI=1S/C34H46N2O3/c1-4-19-36-21-18-34-26-16-17-27(35(5-2)20-12-7-6-9-13-24-14-10-8-11-15-24)33(34)39-32-30(38-3)23-29(37)25(31(32)34)22-28(26)36/h4,8,10-11,14-15,23,26-28,33,37H,1,5-7,9,12-13,16-22H2,2-3H3/t26-,27+,28+,33-,34-/m0/s1. The molecule has 2 aromatic carbocycles. The summed E-state index contributed by atoms with van der Waals surface area (Å²) in [6.45, 7) is 10.5. The topological polar surface area (TPSA) is 45.2 Å². The van der Waals surface area contributed by atoms with Crippen LogP contribution in [-0.4, -0.2) is 66.4 Å². The molecule has 1 N–H and O–H groups in total. The van der Waals surface area contributed by atoms with Gasteiger partial charge in [0.25, 0.3) is 0 Å². The molecule has 2 heterocycles. The van der Waals surface area contributed by atoms with Gasteiger partial charge < -0.3 is 14.6 Å². The van der Waals surface area contributed by atoms with E-state index in [0.717, 1.165) is 50.3 Å². The number of aromatic hydroxyl groups is 1. The summed E-state index contributed by atoms with van der Waals surface area (Å²) in [6.07, 6.45) is 12.8. The van der Waals surface area contributed by atoms with Gasteiger partial charge in [-0.1, -0.05) is 56.2 Å². The fraction of sp³-hybridized carbons (Fsp3) is 0.588. The van der Waals surface area contributed by atoms with Gasteiger partial charge in [-0.15, -0.1) is 6.58 Å². The molecule has 6 rings (SSSR count). The second-order valence-electron chi connectivity index (χ2n) is 12.2. The third-order valence-corrected chi connectivity index (χ3v) is 10.5. The number of phenolic OH excluding ortho intramolecular Hbond substituents is 1. The summed E-state index contributed by atoms with van der Waals surface area (Å²) in [5, 5.41) is 11.2. The molecule has 2 bridgehead atoms. The zero-order valence-electron chi connectivity index (χ0n) is 23.9. The molecule has 5 atom stereocenters. The Morgan fingerprint density at radius 2 is 2.00 bits per heavy atom. The minimum absolute atomic E-state index is 0.0384. The molecule has 2 fully saturated rings. The van der Waals surface area contributed by atoms with E-state index in [9.17, 15) is 5.11 Å². The molecule has 0 aromatic heterocycles. The molecule has 2 aliphatic carbocycles. The fourth-order valence-electron chi connectivity index (χ4n) is 8.77. The lowest BCUT2D eigenvalue weighted by Crippen LogP contribution is -2.68. The number of unbranched alkanes of at least 4 members (excludes halogenated alkanes) is 3. The lowest BCUT2D eigenvalue weighted by Gasteiger charge is -2.60. The van der Waals surface area contributed by atoms with Crippen molar-refractivity contribution < 1.29 is 14.6 Å². The summed E-state index contributed by atoms with van der Waals surface area (Å²) in [7, 11) is 1.70. The smallest absolute Gasteiger partial charge is 0.166 e. The molecule has 5 nitrogen and oxygen atoms in total. The fourth-order valence-corrected chi connectivity index (χ4v) is 8.77. The van der Waals surface area contributed by atoms with E-state index in [-0.39, 0.29) is 11.5 Å². The van der Waals surface area contributed by atoms with Crippen LogP contribution in [0, 0.1) is 5.92 Å². The Morgan fingerprint density at radius 3 is 2.77 bits per heavy atom. The van der Waals surface area contributed by atoms with Crippen LogP contribution in [0.5, 0.6) is 17.2 Å². The molecule has 210 valence electrons. The van der Waals surface area contributed by atoms with Crippen LogP contribution in [0.15, 0.2) is 49.1 Å². The third kappa shape index (κ3) is 4.46. The van der Waals surface area contributed by atoms with Gasteiger partial charge in [0.2, 0.25) is 0 Å². The average Bonchev–Trinajstić information content (AvgIpc) is 3.30. The third-order valence-electron chi connectivity index (χ3n) is 10.5. The van der Waals surface area contributed by atoms with E-state index < -0.39 is 0 Å². The first-order valence-corrected chi connectivity index (χ1v) is 15.3. The molecule has 1 saturated carbocycles. The summed E-state index contributed by atoms with van der Waals surface area (Å²) < 4.78 is 12.8. The SMILES string of the molecule is C=CCN1CC[C@]23c4c5c(O)cc(OC)c4O[C@H]2[C@H](N(CC)CCCCCCc2ccccc2)CC[C@H]3[C@H]1C5. The lowest BCUT2D eigenvalue weighted by molar-refractivity contribution is -0.0857. The number of methoxy groups -OCH3 is 1. The van der Waals surface area contributed by atoms with Crippen molar-refractivity contribution in [3.63, 3.8) is 0 Å². The quantitative estimate of drug-likeness (QED) is 0.265. The van der Waals surface area contributed by atoms with Crippen LogP contribution in [0.1, 0.15) is 68.6 Å². The van der Waals surface area contributed by atoms with Crippen molar-refractivity contribution in [2.75, 3.05) is 33.3 Å². The van der Waals surface area contributed by atoms with E-state index >= 15 is 0 Å². The van der Waals surface area contributed by atoms with Gasteiger partial charge in [-0.2, -0.15) is 0 Å². The van der Waals surface area contributed by atoms with Crippen molar-refractivity contribution in [2.45, 2.75) is 88.3 Å². The molecule has 2 aliphatic heterocycles. The minimum Gasteiger partial charge on any atom is -0.508 e. The highest BCUT2D eigenvalue weighted by Gasteiger charge is 2.66. The molecule has 1 spiro atoms. The highest BCUT2D eigenvalue weighted by atomic mass is 16.5. The number of hydrogen-bond acceptors (Lipinski definition) is 5. The molecule has 1 saturated heterocycles. The minimum atomic E-state index is -0.0384. The number of piperidine rings is 1. The van der Waals surface area contributed by atoms with E-state index in [1.165, 1.54) is 56.1 Å². The van der Waals surface area contributed by atoms with Crippen LogP contribution in [0.3, 0.4) is 0 Å². The Kier molecular flexibility index (Phi) is 7.65. The number of likely N-dealkylation sites (N-methyl/N-ethyl adjacent to an activating group) is 1. The number of benzene rings is 2. The van der Waals surface area contributed by atoms with Gasteiger partial charge in [0.15, 0.2) is 11.5 Å². The number of rotatable bonds is 12. The van der Waals surface area contributed by atoms with Crippen LogP contribution >= 0.6 is 0 Å². The predicted molar refractivity (Wildman–Crippen MR) is 157 cm³/mol. The van der Waals surface area contributed by atoms with Crippen molar-refractivity contribution in [3.8, 4) is 17.2 Å². The van der Waals surface area contributed by atoms with Gasteiger partial charge in [-0.3, -0.25) is 9.80 Å². The Hall–Kier alpha value is -2.50. The van der Waals surface area contributed by atoms with Crippen LogP contribution < -0.4 is 9.47 Å². The summed E-state index contributed by atoms with van der Waals surface area (Å²) in [6, 6.07) is 13.5. The first-order valence-electron chi connectivity index (χ1n) is 15.3. The highest BCUT2D eigenvalue weighted by Crippen LogP contribution is 2.65. The Labute approximate surface area is 234 Å². The molecule has 0 radical (unpaired) electrons. The van der Waals surface area contributed by atoms with Crippen molar-refractivity contribution in [1.82, 2.24) is 9.80 Å². The molecule has 39 heavy (non-hydrogen) atoms. The second kappa shape index (κ2) is 11.2. The molecule has 0 amide bonds. The van der Waals surface area contributed by atoms with Crippen molar-refractivity contribution in [1.29, 1.82) is 0 Å². The Bertz CT molecular complexity index is 1170. The van der Waals surface area contributed by atoms with Gasteiger partial charge in [-0.25, -0.2) is 0 Å². The van der Waals surface area contributed by atoms with Gasteiger partial charge in [0.1, 0.15) is 11.9 Å². The monoisotopic (exact) mass is 530 g/mol. The van der Waals surface area contributed by atoms with Crippen LogP contribution in [-0.2, 0) is 18.3 Å². The largest absolute Gasteiger partial charge is 0.508 e. The van der Waals surface area contributed by atoms with Gasteiger partial charge in [0.05, 0.1) is 7.11 Å². The Balaban J connectivity index is 1.21. The van der Waals surface area contributed by atoms with Crippen molar-refractivity contribution >= 4 is 0 Å². The van der Waals surface area contributed by atoms with E-state index in [1.54, 1.807) is 13.2 Å². The molecule has 4 aliphatic rings. The zero-order valence-corrected chi connectivity index (χ0v) is 23.9. The van der Waals surface area contributed by atoms with Crippen LogP contribution in [0.2, 0.25) is 0 Å². The zero-order chi connectivity index (χ0) is 27.0. The van der Waals surface area contributed by atoms with Crippen molar-refractivity contribution in [3.05, 3.63) is 65.7 Å². The second-order valence-corrected chi connectivity index (χ2v) is 12.2. The lowest BCUT2D eigenvalue weighted by atomic mass is 9.50. The molecule has 2 aromatic rings. The van der Waals surface area contributed by atoms with Gasteiger partial charge in [-0.05, 0) is 76.1 Å². The number of aryl methyl sites for hydroxylation is 1. The van der Waals surface area contributed by atoms with E-state index in [0.29, 0.717) is 29.5 Å². The maximum absolute atomic E-state index is 11.2. The van der Waals surface area contributed by atoms with E-state index in [4.69, 9.17) is 9.47 Å². The van der Waals surface area contributed by atoms with Crippen LogP contribution in [0.4, 0.5) is 0 Å². The summed E-state index contributed by atoms with van der Waals surface area (Å²) in [5.74, 6) is 2.54. The molecular weight excluding hydrogens is 484 g/mol. The first kappa shape index (κ1) is 26.7. The van der Waals surface area contributed by atoms with E-state index in [2.05, 4.69) is 53.6 Å². The van der Waals surface area contributed by atoms with Gasteiger partial charge >= 0.3 is 0 Å². The predicted octanol–water partition coefficient (Wildman–Crippen LogP) is 6.12. The van der Waals surface area contributed by atoms with Gasteiger partial charge in [0, 0.05) is 41.2 Å². The van der Waals surface area contributed by atoms with E-state index in [1.807, 2.05) is 6.08 Å². The number of likely N-dealkylation sites (tertiary alicyclic amines) is 1.